The Labute approximate surface area is 203 Å². The van der Waals surface area contributed by atoms with Crippen LogP contribution in [0, 0.1) is 0 Å². The van der Waals surface area contributed by atoms with Gasteiger partial charge in [0.15, 0.2) is 0 Å². The van der Waals surface area contributed by atoms with Crippen molar-refractivity contribution in [3.8, 4) is 11.1 Å². The second kappa shape index (κ2) is 13.1. The van der Waals surface area contributed by atoms with E-state index in [1.54, 1.807) is 12.3 Å². The fourth-order valence-electron chi connectivity index (χ4n) is 3.48. The lowest BCUT2D eigenvalue weighted by Crippen LogP contribution is -2.36. The third-order valence-corrected chi connectivity index (χ3v) is 6.55. The van der Waals surface area contributed by atoms with Crippen LogP contribution in [-0.4, -0.2) is 50.5 Å². The van der Waals surface area contributed by atoms with Crippen molar-refractivity contribution in [2.45, 2.75) is 38.6 Å². The van der Waals surface area contributed by atoms with Crippen LogP contribution in [0.2, 0.25) is 0 Å². The molecular formula is C25H34N4O4S. The molecule has 3 N–H and O–H groups in total. The summed E-state index contributed by atoms with van der Waals surface area (Å²) in [6.07, 6.45) is 3.25. The molecule has 184 valence electrons. The number of hydrogen-bond donors (Lipinski definition) is 3. The maximum atomic E-state index is 12.9. The fourth-order valence-corrected chi connectivity index (χ4v) is 4.28. The van der Waals surface area contributed by atoms with Crippen LogP contribution in [0.25, 0.3) is 21.9 Å². The summed E-state index contributed by atoms with van der Waals surface area (Å²) in [4.78, 5) is 24.6. The maximum Gasteiger partial charge on any atom is 0.259 e. The molecule has 0 spiro atoms. The SMILES string of the molecule is CC.CN(C)NCc1ccc(-c2ccc3c(=O)n(CCC(C(=O)NO)S(C)=O)ccc3c2)cc1. The van der Waals surface area contributed by atoms with E-state index in [1.165, 1.54) is 21.9 Å². The van der Waals surface area contributed by atoms with Crippen molar-refractivity contribution in [2.24, 2.45) is 0 Å². The Balaban J connectivity index is 0.00000199. The third kappa shape index (κ3) is 7.07. The number of nitrogens with zero attached hydrogens (tertiary/aromatic N) is 2. The van der Waals surface area contributed by atoms with Crippen molar-refractivity contribution < 1.29 is 14.2 Å². The van der Waals surface area contributed by atoms with Gasteiger partial charge in [-0.2, -0.15) is 0 Å². The van der Waals surface area contributed by atoms with E-state index in [-0.39, 0.29) is 18.5 Å². The molecule has 3 aromatic rings. The van der Waals surface area contributed by atoms with Gasteiger partial charge in [0.1, 0.15) is 5.25 Å². The largest absolute Gasteiger partial charge is 0.315 e. The number of amides is 1. The number of hydrazine groups is 1. The van der Waals surface area contributed by atoms with Gasteiger partial charge in [-0.05, 0) is 46.7 Å². The summed E-state index contributed by atoms with van der Waals surface area (Å²) in [5.74, 6) is -0.715. The second-order valence-electron chi connectivity index (χ2n) is 7.79. The Hall–Kier alpha value is -2.85. The van der Waals surface area contributed by atoms with Crippen LogP contribution in [0.1, 0.15) is 25.8 Å². The van der Waals surface area contributed by atoms with Gasteiger partial charge in [-0.25, -0.2) is 5.48 Å². The first-order valence-electron chi connectivity index (χ1n) is 11.2. The number of fused-ring (bicyclic) bond motifs is 1. The number of nitrogens with one attached hydrogen (secondary N) is 2. The van der Waals surface area contributed by atoms with Gasteiger partial charge in [0.05, 0.1) is 0 Å². The molecule has 0 fully saturated rings. The molecule has 1 heterocycles. The predicted molar refractivity (Wildman–Crippen MR) is 138 cm³/mol. The van der Waals surface area contributed by atoms with Crippen molar-refractivity contribution >= 4 is 27.5 Å². The molecule has 0 aliphatic carbocycles. The normalized spacial score (nSPS) is 12.7. The molecule has 8 nitrogen and oxygen atoms in total. The minimum atomic E-state index is -1.46. The number of hydroxylamine groups is 1. The fraction of sp³-hybridized carbons (Fsp3) is 0.360. The minimum absolute atomic E-state index is 0.175. The van der Waals surface area contributed by atoms with Crippen molar-refractivity contribution in [1.29, 1.82) is 0 Å². The van der Waals surface area contributed by atoms with Gasteiger partial charge in [-0.3, -0.25) is 29.4 Å². The molecule has 2 atom stereocenters. The molecule has 0 saturated carbocycles. The Morgan fingerprint density at radius 2 is 1.74 bits per heavy atom. The summed E-state index contributed by atoms with van der Waals surface area (Å²) in [7, 11) is 2.44. The second-order valence-corrected chi connectivity index (χ2v) is 9.36. The van der Waals surface area contributed by atoms with Gasteiger partial charge in [-0.15, -0.1) is 0 Å². The van der Waals surface area contributed by atoms with E-state index in [2.05, 4.69) is 29.7 Å². The highest BCUT2D eigenvalue weighted by Gasteiger charge is 2.22. The molecule has 0 saturated heterocycles. The van der Waals surface area contributed by atoms with Crippen LogP contribution in [0.3, 0.4) is 0 Å². The topological polar surface area (TPSA) is 104 Å². The summed E-state index contributed by atoms with van der Waals surface area (Å²) < 4.78 is 13.3. The lowest BCUT2D eigenvalue weighted by Gasteiger charge is -2.14. The van der Waals surface area contributed by atoms with Crippen LogP contribution in [0.4, 0.5) is 0 Å². The van der Waals surface area contributed by atoms with Crippen molar-refractivity contribution in [3.63, 3.8) is 0 Å². The predicted octanol–water partition coefficient (Wildman–Crippen LogP) is 2.90. The lowest BCUT2D eigenvalue weighted by atomic mass is 10.0. The van der Waals surface area contributed by atoms with E-state index in [1.807, 2.05) is 51.2 Å². The first-order valence-corrected chi connectivity index (χ1v) is 12.8. The van der Waals surface area contributed by atoms with E-state index >= 15 is 0 Å². The molecule has 0 aliphatic rings. The van der Waals surface area contributed by atoms with Gasteiger partial charge in [0.25, 0.3) is 11.5 Å². The highest BCUT2D eigenvalue weighted by molar-refractivity contribution is 7.85. The molecule has 1 aromatic heterocycles. The molecule has 3 rings (SSSR count). The smallest absolute Gasteiger partial charge is 0.259 e. The zero-order valence-corrected chi connectivity index (χ0v) is 21.2. The van der Waals surface area contributed by atoms with E-state index in [9.17, 15) is 13.8 Å². The summed E-state index contributed by atoms with van der Waals surface area (Å²) in [5.41, 5.74) is 7.85. The van der Waals surface area contributed by atoms with Gasteiger partial charge in [0.2, 0.25) is 0 Å². The molecule has 0 bridgehead atoms. The van der Waals surface area contributed by atoms with Crippen LogP contribution in [0.15, 0.2) is 59.5 Å². The first-order chi connectivity index (χ1) is 16.3. The molecule has 2 aromatic carbocycles. The molecular weight excluding hydrogens is 452 g/mol. The maximum absolute atomic E-state index is 12.9. The number of pyridine rings is 1. The Kier molecular flexibility index (Phi) is 10.6. The van der Waals surface area contributed by atoms with Crippen molar-refractivity contribution in [1.82, 2.24) is 20.5 Å². The zero-order valence-electron chi connectivity index (χ0n) is 20.4. The standard InChI is InChI=1S/C23H28N4O4S.C2H6/c1-26(2)24-15-16-4-6-17(7-5-16)18-8-9-20-19(14-18)10-12-27(23(20)29)13-11-21(32(3)31)22(28)25-30;1-2/h4-10,12,14,21,24,30H,11,13,15H2,1-3H3,(H,25,28);1-2H3. The Bertz CT molecular complexity index is 1180. The van der Waals surface area contributed by atoms with Crippen LogP contribution in [-0.2, 0) is 28.7 Å². The molecule has 0 aliphatic heterocycles. The summed E-state index contributed by atoms with van der Waals surface area (Å²) in [6.45, 7) is 4.97. The highest BCUT2D eigenvalue weighted by atomic mass is 32.2. The number of aryl methyl sites for hydroxylation is 1. The van der Waals surface area contributed by atoms with Gasteiger partial charge < -0.3 is 4.57 Å². The van der Waals surface area contributed by atoms with Gasteiger partial charge >= 0.3 is 0 Å². The summed E-state index contributed by atoms with van der Waals surface area (Å²) >= 11 is 0. The van der Waals surface area contributed by atoms with Crippen LogP contribution < -0.4 is 16.5 Å². The molecule has 9 heteroatoms. The highest BCUT2D eigenvalue weighted by Crippen LogP contribution is 2.23. The number of benzene rings is 2. The van der Waals surface area contributed by atoms with E-state index in [0.29, 0.717) is 5.39 Å². The molecule has 0 radical (unpaired) electrons. The number of rotatable bonds is 9. The minimum Gasteiger partial charge on any atom is -0.315 e. The van der Waals surface area contributed by atoms with Crippen LogP contribution in [0.5, 0.6) is 0 Å². The number of carbonyl (C=O) groups is 1. The zero-order chi connectivity index (χ0) is 25.3. The molecule has 34 heavy (non-hydrogen) atoms. The average Bonchev–Trinajstić information content (AvgIpc) is 2.85. The van der Waals surface area contributed by atoms with Gasteiger partial charge in [0, 0.05) is 55.8 Å². The van der Waals surface area contributed by atoms with Crippen molar-refractivity contribution in [3.05, 3.63) is 70.6 Å². The number of hydrogen-bond acceptors (Lipinski definition) is 6. The summed E-state index contributed by atoms with van der Waals surface area (Å²) in [6, 6.07) is 15.8. The van der Waals surface area contributed by atoms with Crippen molar-refractivity contribution in [2.75, 3.05) is 20.4 Å². The molecule has 2 unspecified atom stereocenters. The lowest BCUT2D eigenvalue weighted by molar-refractivity contribution is -0.128. The third-order valence-electron chi connectivity index (χ3n) is 5.30. The van der Waals surface area contributed by atoms with E-state index < -0.39 is 22.0 Å². The number of aromatic nitrogens is 1. The quantitative estimate of drug-likeness (QED) is 0.317. The van der Waals surface area contributed by atoms with E-state index in [4.69, 9.17) is 5.21 Å². The summed E-state index contributed by atoms with van der Waals surface area (Å²) in [5, 5.41) is 11.2. The van der Waals surface area contributed by atoms with Crippen LogP contribution >= 0.6 is 0 Å². The number of carbonyl (C=O) groups excluding carboxylic acids is 1. The van der Waals surface area contributed by atoms with Gasteiger partial charge in [-0.1, -0.05) is 44.2 Å². The monoisotopic (exact) mass is 486 g/mol. The van der Waals surface area contributed by atoms with E-state index in [0.717, 1.165) is 23.1 Å². The average molecular weight is 487 g/mol. The first kappa shape index (κ1) is 27.4. The molecule has 1 amide bonds. The Morgan fingerprint density at radius 3 is 2.32 bits per heavy atom. The Morgan fingerprint density at radius 1 is 1.09 bits per heavy atom.